The van der Waals surface area contributed by atoms with E-state index in [2.05, 4.69) is 5.32 Å². The highest BCUT2D eigenvalue weighted by molar-refractivity contribution is 5.77. The van der Waals surface area contributed by atoms with Crippen LogP contribution in [0.25, 0.3) is 0 Å². The summed E-state index contributed by atoms with van der Waals surface area (Å²) in [6, 6.07) is -0.176. The Morgan fingerprint density at radius 3 is 2.42 bits per heavy atom. The van der Waals surface area contributed by atoms with Gasteiger partial charge < -0.3 is 20.1 Å². The van der Waals surface area contributed by atoms with Gasteiger partial charge in [-0.3, -0.25) is 4.79 Å². The molecule has 1 fully saturated rings. The van der Waals surface area contributed by atoms with Gasteiger partial charge in [0.2, 0.25) is 0 Å². The van der Waals surface area contributed by atoms with Crippen LogP contribution in [-0.2, 0) is 9.53 Å². The molecule has 6 nitrogen and oxygen atoms in total. The molecule has 0 saturated carbocycles. The zero-order valence-corrected chi connectivity index (χ0v) is 11.9. The van der Waals surface area contributed by atoms with Crippen molar-refractivity contribution < 1.29 is 19.4 Å². The summed E-state index contributed by atoms with van der Waals surface area (Å²) >= 11 is 0. The highest BCUT2D eigenvalue weighted by Gasteiger charge is 2.29. The third-order valence-electron chi connectivity index (χ3n) is 3.56. The third-order valence-corrected chi connectivity index (χ3v) is 3.56. The second-order valence-electron chi connectivity index (χ2n) is 5.73. The van der Waals surface area contributed by atoms with Crippen molar-refractivity contribution in [3.05, 3.63) is 0 Å². The molecule has 0 bridgehead atoms. The number of ether oxygens (including phenoxy) is 1. The molecule has 0 aromatic rings. The Morgan fingerprint density at radius 2 is 1.95 bits per heavy atom. The van der Waals surface area contributed by atoms with Gasteiger partial charge in [-0.15, -0.1) is 0 Å². The minimum atomic E-state index is -0.940. The van der Waals surface area contributed by atoms with E-state index in [1.54, 1.807) is 25.9 Å². The van der Waals surface area contributed by atoms with Crippen molar-refractivity contribution >= 4 is 12.0 Å². The topological polar surface area (TPSA) is 78.9 Å². The molecule has 0 aromatic heterocycles. The number of hydrogen-bond acceptors (Lipinski definition) is 3. The second kappa shape index (κ2) is 6.75. The molecule has 1 heterocycles. The summed E-state index contributed by atoms with van der Waals surface area (Å²) < 4.78 is 5.11. The predicted molar refractivity (Wildman–Crippen MR) is 71.0 cm³/mol. The van der Waals surface area contributed by atoms with Crippen molar-refractivity contribution in [2.24, 2.45) is 11.3 Å². The monoisotopic (exact) mass is 272 g/mol. The first-order valence-corrected chi connectivity index (χ1v) is 6.62. The first-order valence-electron chi connectivity index (χ1n) is 6.62. The number of methoxy groups -OCH3 is 1. The van der Waals surface area contributed by atoms with E-state index in [-0.39, 0.29) is 12.6 Å². The Bertz CT molecular complexity index is 323. The van der Waals surface area contributed by atoms with Crippen LogP contribution in [0.15, 0.2) is 0 Å². The summed E-state index contributed by atoms with van der Waals surface area (Å²) in [6.07, 6.45) is 1.87. The smallest absolute Gasteiger partial charge is 0.317 e. The Morgan fingerprint density at radius 1 is 1.37 bits per heavy atom. The highest BCUT2D eigenvalue weighted by atomic mass is 16.5. The minimum absolute atomic E-state index is 0.138. The fraction of sp³-hybridized carbons (Fsp3) is 0.846. The normalized spacial score (nSPS) is 17.3. The van der Waals surface area contributed by atoms with Crippen LogP contribution in [0, 0.1) is 11.3 Å². The van der Waals surface area contributed by atoms with Crippen LogP contribution in [0.1, 0.15) is 26.7 Å². The maximum absolute atomic E-state index is 11.9. The average Bonchev–Trinajstić information content (AvgIpc) is 2.37. The van der Waals surface area contributed by atoms with Crippen LogP contribution in [0.2, 0.25) is 0 Å². The number of carbonyl (C=O) groups is 2. The molecule has 1 saturated heterocycles. The number of likely N-dealkylation sites (tertiary alicyclic amines) is 1. The quantitative estimate of drug-likeness (QED) is 0.787. The highest BCUT2D eigenvalue weighted by Crippen LogP contribution is 2.18. The summed E-state index contributed by atoms with van der Waals surface area (Å²) in [5, 5.41) is 11.7. The van der Waals surface area contributed by atoms with E-state index in [1.165, 1.54) is 0 Å². The molecule has 1 rings (SSSR count). The summed E-state index contributed by atoms with van der Waals surface area (Å²) in [5.41, 5.74) is -0.940. The predicted octanol–water partition coefficient (Wildman–Crippen LogP) is 1.17. The van der Waals surface area contributed by atoms with E-state index in [0.717, 1.165) is 19.4 Å². The lowest BCUT2D eigenvalue weighted by molar-refractivity contribution is -0.146. The molecule has 2 N–H and O–H groups in total. The van der Waals surface area contributed by atoms with E-state index < -0.39 is 11.4 Å². The van der Waals surface area contributed by atoms with Gasteiger partial charge in [0.05, 0.1) is 5.41 Å². The number of hydrogen-bond donors (Lipinski definition) is 2. The molecular weight excluding hydrogens is 248 g/mol. The minimum Gasteiger partial charge on any atom is -0.481 e. The number of aliphatic carboxylic acids is 1. The maximum atomic E-state index is 11.9. The SMILES string of the molecule is COCC1CCN(C(=O)NCC(C)(C)C(=O)O)CC1. The van der Waals surface area contributed by atoms with Gasteiger partial charge in [-0.2, -0.15) is 0 Å². The molecule has 1 aliphatic rings. The number of piperidine rings is 1. The Kier molecular flexibility index (Phi) is 5.60. The molecule has 2 amide bonds. The van der Waals surface area contributed by atoms with Crippen molar-refractivity contribution in [2.45, 2.75) is 26.7 Å². The number of carboxylic acids is 1. The fourth-order valence-electron chi connectivity index (χ4n) is 2.02. The van der Waals surface area contributed by atoms with Crippen LogP contribution >= 0.6 is 0 Å². The molecule has 6 heteroatoms. The van der Waals surface area contributed by atoms with Crippen LogP contribution in [-0.4, -0.2) is 55.4 Å². The Hall–Kier alpha value is -1.30. The zero-order valence-electron chi connectivity index (χ0n) is 11.9. The summed E-state index contributed by atoms with van der Waals surface area (Å²) in [7, 11) is 1.69. The van der Waals surface area contributed by atoms with Gasteiger partial charge in [0, 0.05) is 33.4 Å². The van der Waals surface area contributed by atoms with E-state index in [0.29, 0.717) is 19.0 Å². The lowest BCUT2D eigenvalue weighted by Gasteiger charge is -2.32. The van der Waals surface area contributed by atoms with Gasteiger partial charge in [-0.05, 0) is 32.6 Å². The molecule has 110 valence electrons. The molecule has 0 aromatic carbocycles. The second-order valence-corrected chi connectivity index (χ2v) is 5.73. The van der Waals surface area contributed by atoms with Crippen LogP contribution in [0.4, 0.5) is 4.79 Å². The molecule has 1 aliphatic heterocycles. The third kappa shape index (κ3) is 4.70. The number of nitrogens with zero attached hydrogens (tertiary/aromatic N) is 1. The van der Waals surface area contributed by atoms with Crippen molar-refractivity contribution in [3.63, 3.8) is 0 Å². The number of carbonyl (C=O) groups excluding carboxylic acids is 1. The van der Waals surface area contributed by atoms with Crippen LogP contribution in [0.3, 0.4) is 0 Å². The first kappa shape index (κ1) is 15.8. The Balaban J connectivity index is 2.34. The largest absolute Gasteiger partial charge is 0.481 e. The summed E-state index contributed by atoms with van der Waals surface area (Å²) in [6.45, 7) is 5.47. The van der Waals surface area contributed by atoms with E-state index in [9.17, 15) is 9.59 Å². The van der Waals surface area contributed by atoms with E-state index in [1.807, 2.05) is 0 Å². The maximum Gasteiger partial charge on any atom is 0.317 e. The van der Waals surface area contributed by atoms with Crippen molar-refractivity contribution in [1.82, 2.24) is 10.2 Å². The molecule has 0 atom stereocenters. The molecule has 0 spiro atoms. The average molecular weight is 272 g/mol. The van der Waals surface area contributed by atoms with Crippen molar-refractivity contribution in [2.75, 3.05) is 33.4 Å². The molecule has 0 radical (unpaired) electrons. The Labute approximate surface area is 114 Å². The number of nitrogens with one attached hydrogen (secondary N) is 1. The fourth-order valence-corrected chi connectivity index (χ4v) is 2.02. The summed E-state index contributed by atoms with van der Waals surface area (Å²) in [5.74, 6) is -0.392. The van der Waals surface area contributed by atoms with E-state index >= 15 is 0 Å². The number of urea groups is 1. The van der Waals surface area contributed by atoms with Gasteiger partial charge in [-0.1, -0.05) is 0 Å². The zero-order chi connectivity index (χ0) is 14.5. The van der Waals surface area contributed by atoms with Gasteiger partial charge in [0.15, 0.2) is 0 Å². The van der Waals surface area contributed by atoms with Gasteiger partial charge in [-0.25, -0.2) is 4.79 Å². The van der Waals surface area contributed by atoms with Crippen molar-refractivity contribution in [1.29, 1.82) is 0 Å². The van der Waals surface area contributed by atoms with Gasteiger partial charge >= 0.3 is 12.0 Å². The lowest BCUT2D eigenvalue weighted by atomic mass is 9.94. The van der Waals surface area contributed by atoms with E-state index in [4.69, 9.17) is 9.84 Å². The standard InChI is InChI=1S/C13H24N2O4/c1-13(2,11(16)17)9-14-12(18)15-6-4-10(5-7-15)8-19-3/h10H,4-9H2,1-3H3,(H,14,18)(H,16,17). The lowest BCUT2D eigenvalue weighted by Crippen LogP contribution is -2.48. The molecule has 0 aliphatic carbocycles. The van der Waals surface area contributed by atoms with Gasteiger partial charge in [0.25, 0.3) is 0 Å². The number of rotatable bonds is 5. The molecule has 0 unspecified atom stereocenters. The number of amides is 2. The molecular formula is C13H24N2O4. The van der Waals surface area contributed by atoms with Crippen LogP contribution in [0.5, 0.6) is 0 Å². The van der Waals surface area contributed by atoms with Crippen molar-refractivity contribution in [3.8, 4) is 0 Å². The van der Waals surface area contributed by atoms with Crippen LogP contribution < -0.4 is 5.32 Å². The summed E-state index contributed by atoms with van der Waals surface area (Å²) in [4.78, 5) is 24.6. The van der Waals surface area contributed by atoms with Gasteiger partial charge in [0.1, 0.15) is 0 Å². The molecule has 19 heavy (non-hydrogen) atoms. The first-order chi connectivity index (χ1) is 8.86. The number of carboxylic acid groups (broad SMARTS) is 1.